The van der Waals surface area contributed by atoms with E-state index in [0.29, 0.717) is 12.6 Å². The van der Waals surface area contributed by atoms with E-state index in [1.807, 2.05) is 19.9 Å². The number of rotatable bonds is 3. The lowest BCUT2D eigenvalue weighted by molar-refractivity contribution is 0.134. The summed E-state index contributed by atoms with van der Waals surface area (Å²) in [6.45, 7) is 6.83. The summed E-state index contributed by atoms with van der Waals surface area (Å²) in [5.41, 5.74) is 8.86. The highest BCUT2D eigenvalue weighted by molar-refractivity contribution is 5.37. The zero-order chi connectivity index (χ0) is 13.1. The van der Waals surface area contributed by atoms with E-state index in [4.69, 9.17) is 10.5 Å². The summed E-state index contributed by atoms with van der Waals surface area (Å²) in [6, 6.07) is 2.02. The van der Waals surface area contributed by atoms with Gasteiger partial charge in [0.05, 0.1) is 6.10 Å². The van der Waals surface area contributed by atoms with Crippen molar-refractivity contribution in [2.45, 2.75) is 59.1 Å². The normalized spacial score (nSPS) is 24.0. The van der Waals surface area contributed by atoms with E-state index in [0.717, 1.165) is 41.5 Å². The van der Waals surface area contributed by atoms with Crippen LogP contribution in [-0.2, 0) is 6.54 Å². The fraction of sp³-hybridized carbons (Fsp3) is 0.667. The van der Waals surface area contributed by atoms with Crippen molar-refractivity contribution in [2.75, 3.05) is 0 Å². The highest BCUT2D eigenvalue weighted by Gasteiger charge is 2.21. The molecule has 1 fully saturated rings. The highest BCUT2D eigenvalue weighted by Crippen LogP contribution is 2.29. The Labute approximate surface area is 110 Å². The molecule has 100 valence electrons. The SMILES string of the molecule is Cc1cc(OC2CCC(C)CC2)c(CN)c(C)n1. The summed E-state index contributed by atoms with van der Waals surface area (Å²) >= 11 is 0. The molecule has 0 unspecified atom stereocenters. The lowest BCUT2D eigenvalue weighted by Crippen LogP contribution is -2.24. The number of aromatic nitrogens is 1. The van der Waals surface area contributed by atoms with Crippen LogP contribution in [-0.4, -0.2) is 11.1 Å². The van der Waals surface area contributed by atoms with E-state index in [1.54, 1.807) is 0 Å². The number of nitrogens with zero attached hydrogens (tertiary/aromatic N) is 1. The summed E-state index contributed by atoms with van der Waals surface area (Å²) in [6.07, 6.45) is 5.21. The number of pyridine rings is 1. The molecule has 0 bridgehead atoms. The summed E-state index contributed by atoms with van der Waals surface area (Å²) in [5.74, 6) is 1.79. The van der Waals surface area contributed by atoms with E-state index in [9.17, 15) is 0 Å². The summed E-state index contributed by atoms with van der Waals surface area (Å²) < 4.78 is 6.17. The number of aryl methyl sites for hydroxylation is 2. The van der Waals surface area contributed by atoms with Crippen molar-refractivity contribution >= 4 is 0 Å². The van der Waals surface area contributed by atoms with Crippen molar-refractivity contribution in [1.82, 2.24) is 4.98 Å². The first-order valence-electron chi connectivity index (χ1n) is 6.94. The molecular formula is C15H24N2O. The molecule has 1 aliphatic carbocycles. The third kappa shape index (κ3) is 3.02. The molecule has 0 saturated heterocycles. The second-order valence-electron chi connectivity index (χ2n) is 5.53. The van der Waals surface area contributed by atoms with Crippen LogP contribution in [0.5, 0.6) is 5.75 Å². The molecule has 18 heavy (non-hydrogen) atoms. The van der Waals surface area contributed by atoms with Gasteiger partial charge in [-0.25, -0.2) is 0 Å². The minimum Gasteiger partial charge on any atom is -0.490 e. The smallest absolute Gasteiger partial charge is 0.127 e. The van der Waals surface area contributed by atoms with Crippen molar-refractivity contribution in [3.63, 3.8) is 0 Å². The second kappa shape index (κ2) is 5.70. The van der Waals surface area contributed by atoms with Gasteiger partial charge in [0.2, 0.25) is 0 Å². The van der Waals surface area contributed by atoms with Crippen LogP contribution >= 0.6 is 0 Å². The topological polar surface area (TPSA) is 48.1 Å². The van der Waals surface area contributed by atoms with Gasteiger partial charge in [0, 0.05) is 29.6 Å². The van der Waals surface area contributed by atoms with Crippen LogP contribution in [0.2, 0.25) is 0 Å². The van der Waals surface area contributed by atoms with Gasteiger partial charge in [0.25, 0.3) is 0 Å². The largest absolute Gasteiger partial charge is 0.490 e. The molecular weight excluding hydrogens is 224 g/mol. The molecule has 1 heterocycles. The van der Waals surface area contributed by atoms with E-state index >= 15 is 0 Å². The first-order chi connectivity index (χ1) is 8.60. The van der Waals surface area contributed by atoms with Crippen molar-refractivity contribution in [3.05, 3.63) is 23.0 Å². The Balaban J connectivity index is 2.13. The zero-order valence-corrected chi connectivity index (χ0v) is 11.7. The minimum absolute atomic E-state index is 0.354. The average molecular weight is 248 g/mol. The average Bonchev–Trinajstić information content (AvgIpc) is 2.32. The van der Waals surface area contributed by atoms with E-state index in [1.165, 1.54) is 12.8 Å². The van der Waals surface area contributed by atoms with Gasteiger partial charge in [-0.15, -0.1) is 0 Å². The van der Waals surface area contributed by atoms with E-state index in [-0.39, 0.29) is 0 Å². The maximum absolute atomic E-state index is 6.17. The van der Waals surface area contributed by atoms with E-state index in [2.05, 4.69) is 11.9 Å². The van der Waals surface area contributed by atoms with Gasteiger partial charge < -0.3 is 10.5 Å². The Morgan fingerprint density at radius 3 is 2.56 bits per heavy atom. The van der Waals surface area contributed by atoms with E-state index < -0.39 is 0 Å². The highest BCUT2D eigenvalue weighted by atomic mass is 16.5. The van der Waals surface area contributed by atoms with Gasteiger partial charge in [-0.2, -0.15) is 0 Å². The van der Waals surface area contributed by atoms with Gasteiger partial charge >= 0.3 is 0 Å². The Morgan fingerprint density at radius 1 is 1.28 bits per heavy atom. The maximum atomic E-state index is 6.17. The molecule has 0 amide bonds. The Bertz CT molecular complexity index is 409. The van der Waals surface area contributed by atoms with Crippen molar-refractivity contribution in [1.29, 1.82) is 0 Å². The molecule has 3 nitrogen and oxygen atoms in total. The fourth-order valence-electron chi connectivity index (χ4n) is 2.70. The summed E-state index contributed by atoms with van der Waals surface area (Å²) in [7, 11) is 0. The predicted octanol–water partition coefficient (Wildman–Crippen LogP) is 3.11. The van der Waals surface area contributed by atoms with Gasteiger partial charge in [0.15, 0.2) is 0 Å². The Kier molecular flexibility index (Phi) is 4.23. The molecule has 1 aliphatic rings. The first-order valence-corrected chi connectivity index (χ1v) is 6.94. The lowest BCUT2D eigenvalue weighted by atomic mass is 9.89. The molecule has 2 N–H and O–H groups in total. The molecule has 0 radical (unpaired) electrons. The van der Waals surface area contributed by atoms with Crippen LogP contribution in [0, 0.1) is 19.8 Å². The third-order valence-corrected chi connectivity index (χ3v) is 3.88. The standard InChI is InChI=1S/C15H24N2O/c1-10-4-6-13(7-5-10)18-15-8-11(2)17-12(3)14(15)9-16/h8,10,13H,4-7,9,16H2,1-3H3. The maximum Gasteiger partial charge on any atom is 0.127 e. The molecule has 0 atom stereocenters. The summed E-state index contributed by atoms with van der Waals surface area (Å²) in [5, 5.41) is 0. The molecule has 1 aromatic rings. The van der Waals surface area contributed by atoms with Crippen LogP contribution in [0.3, 0.4) is 0 Å². The summed E-state index contributed by atoms with van der Waals surface area (Å²) in [4.78, 5) is 4.45. The molecule has 1 saturated carbocycles. The van der Waals surface area contributed by atoms with Crippen LogP contribution in [0.1, 0.15) is 49.6 Å². The number of hydrogen-bond acceptors (Lipinski definition) is 3. The first kappa shape index (κ1) is 13.3. The Morgan fingerprint density at radius 2 is 1.94 bits per heavy atom. The molecule has 0 aliphatic heterocycles. The molecule has 0 spiro atoms. The van der Waals surface area contributed by atoms with Gasteiger partial charge in [0.1, 0.15) is 5.75 Å². The van der Waals surface area contributed by atoms with Crippen molar-refractivity contribution < 1.29 is 4.74 Å². The molecule has 3 heteroatoms. The van der Waals surface area contributed by atoms with Crippen LogP contribution < -0.4 is 10.5 Å². The Hall–Kier alpha value is -1.09. The number of ether oxygens (including phenoxy) is 1. The van der Waals surface area contributed by atoms with Crippen molar-refractivity contribution in [3.8, 4) is 5.75 Å². The van der Waals surface area contributed by atoms with Crippen LogP contribution in [0.25, 0.3) is 0 Å². The molecule has 2 rings (SSSR count). The number of nitrogens with two attached hydrogens (primary N) is 1. The molecule has 1 aromatic heterocycles. The van der Waals surface area contributed by atoms with Crippen LogP contribution in [0.15, 0.2) is 6.07 Å². The second-order valence-corrected chi connectivity index (χ2v) is 5.53. The van der Waals surface area contributed by atoms with Gasteiger partial charge in [-0.1, -0.05) is 6.92 Å². The molecule has 0 aromatic carbocycles. The van der Waals surface area contributed by atoms with Gasteiger partial charge in [-0.05, 0) is 45.4 Å². The number of hydrogen-bond donors (Lipinski definition) is 1. The lowest BCUT2D eigenvalue weighted by Gasteiger charge is -2.28. The fourth-order valence-corrected chi connectivity index (χ4v) is 2.70. The zero-order valence-electron chi connectivity index (χ0n) is 11.7. The predicted molar refractivity (Wildman–Crippen MR) is 73.7 cm³/mol. The van der Waals surface area contributed by atoms with Crippen LogP contribution in [0.4, 0.5) is 0 Å². The monoisotopic (exact) mass is 248 g/mol. The quantitative estimate of drug-likeness (QED) is 0.894. The van der Waals surface area contributed by atoms with Crippen molar-refractivity contribution in [2.24, 2.45) is 11.7 Å². The van der Waals surface area contributed by atoms with Gasteiger partial charge in [-0.3, -0.25) is 4.98 Å². The third-order valence-electron chi connectivity index (χ3n) is 3.88. The minimum atomic E-state index is 0.354.